The van der Waals surface area contributed by atoms with Crippen LogP contribution in [0.25, 0.3) is 0 Å². The monoisotopic (exact) mass is 315 g/mol. The van der Waals surface area contributed by atoms with Gasteiger partial charge in [-0.05, 0) is 13.3 Å². The first kappa shape index (κ1) is 19.8. The fourth-order valence-corrected chi connectivity index (χ4v) is 1.61. The summed E-state index contributed by atoms with van der Waals surface area (Å²) in [7, 11) is 0. The summed E-state index contributed by atoms with van der Waals surface area (Å²) in [5, 5.41) is 0. The molecule has 0 saturated carbocycles. The molecule has 0 aromatic heterocycles. The van der Waals surface area contributed by atoms with Gasteiger partial charge in [0.2, 0.25) is 5.91 Å². The van der Waals surface area contributed by atoms with Crippen LogP contribution in [0.2, 0.25) is 0 Å². The summed E-state index contributed by atoms with van der Waals surface area (Å²) in [4.78, 5) is 24.1. The predicted octanol–water partition coefficient (Wildman–Crippen LogP) is 0.111. The zero-order valence-corrected chi connectivity index (χ0v) is 15.1. The predicted molar refractivity (Wildman–Crippen MR) is 66.1 cm³/mol. The summed E-state index contributed by atoms with van der Waals surface area (Å²) < 4.78 is 4.24. The summed E-state index contributed by atoms with van der Waals surface area (Å²) in [5.41, 5.74) is 0. The first-order chi connectivity index (χ1) is 7.34. The number of carbonyl (C=O) groups excluding carboxylic acids is 2. The molecule has 0 bridgehead atoms. The van der Waals surface area contributed by atoms with Gasteiger partial charge in [0.15, 0.2) is 0 Å². The van der Waals surface area contributed by atoms with Crippen molar-refractivity contribution in [3.63, 3.8) is 0 Å². The largest absolute Gasteiger partial charge is 1.00 e. The molecule has 2 amide bonds. The maximum Gasteiger partial charge on any atom is 1.00 e. The number of rotatable bonds is 1. The molecule has 0 aromatic carbocycles. The molecule has 1 atom stereocenters. The maximum absolute atomic E-state index is 11.6. The first-order valence-electron chi connectivity index (χ1n) is 5.37. The number of halogens is 1. The van der Waals surface area contributed by atoms with Crippen molar-refractivity contribution in [3.8, 4) is 0 Å². The Morgan fingerprint density at radius 2 is 1.94 bits per heavy atom. The fraction of sp³-hybridized carbons (Fsp3) is 0.727. The first-order valence-corrected chi connectivity index (χ1v) is 6.17. The molecule has 1 aliphatic rings. The number of amides is 2. The molecule has 94 valence electrons. The van der Waals surface area contributed by atoms with Gasteiger partial charge in [-0.2, -0.15) is 13.8 Å². The molecule has 1 unspecified atom stereocenters. The minimum Gasteiger partial charge on any atom is -0.618 e. The van der Waals surface area contributed by atoms with Crippen LogP contribution in [0.5, 0.6) is 0 Å². The van der Waals surface area contributed by atoms with Crippen LogP contribution in [0.3, 0.4) is 0 Å². The summed E-state index contributed by atoms with van der Waals surface area (Å²) in [5.74, 6) is -0.233. The topological polar surface area (TPSA) is 46.6 Å². The molecule has 0 radical (unpaired) electrons. The van der Waals surface area contributed by atoms with Crippen molar-refractivity contribution >= 4 is 27.9 Å². The minimum absolute atomic E-state index is 0. The smallest absolute Gasteiger partial charge is 0.618 e. The van der Waals surface area contributed by atoms with Gasteiger partial charge in [0, 0.05) is 6.54 Å². The van der Waals surface area contributed by atoms with Gasteiger partial charge in [-0.25, -0.2) is 9.69 Å². The zero-order valence-electron chi connectivity index (χ0n) is 11.5. The number of likely N-dealkylation sites (tertiary alicyclic amines) is 1. The molecular formula is C11H19BrNNaO3. The quantitative estimate of drug-likeness (QED) is 0.392. The second-order valence-corrected chi connectivity index (χ2v) is 5.43. The van der Waals surface area contributed by atoms with Crippen LogP contribution in [0, 0.1) is 6.10 Å². The molecule has 0 N–H and O–H groups in total. The van der Waals surface area contributed by atoms with E-state index < -0.39 is 10.4 Å². The second kappa shape index (κ2) is 8.51. The van der Waals surface area contributed by atoms with Crippen molar-refractivity contribution < 1.29 is 43.9 Å². The van der Waals surface area contributed by atoms with Crippen LogP contribution in [-0.4, -0.2) is 27.8 Å². The molecule has 17 heavy (non-hydrogen) atoms. The molecule has 0 aliphatic carbocycles. The standard InChI is InChI=1S/C9H13BrNO3.C2H6.Na/c1-6(2)14-8(13)11-5-4-9(3,10)7(11)12;1-2;/h4-5H2,1-3H3;1-2H3;/q-1;;+1. The van der Waals surface area contributed by atoms with Gasteiger partial charge in [0.05, 0.1) is 0 Å². The van der Waals surface area contributed by atoms with E-state index in [0.29, 0.717) is 19.1 Å². The van der Waals surface area contributed by atoms with E-state index in [4.69, 9.17) is 4.74 Å². The van der Waals surface area contributed by atoms with Gasteiger partial charge >= 0.3 is 35.7 Å². The molecule has 0 aromatic rings. The SMILES string of the molecule is CC.C[C-](C)OC(=O)N1CCC(C)(Br)C1=O.[Na+]. The summed E-state index contributed by atoms with van der Waals surface area (Å²) in [6.45, 7) is 9.51. The van der Waals surface area contributed by atoms with E-state index in [1.807, 2.05) is 13.8 Å². The number of hydrogen-bond acceptors (Lipinski definition) is 3. The number of imide groups is 1. The Morgan fingerprint density at radius 1 is 1.47 bits per heavy atom. The third-order valence-corrected chi connectivity index (χ3v) is 2.74. The Kier molecular flexibility index (Phi) is 9.89. The molecule has 1 rings (SSSR count). The number of hydrogen-bond donors (Lipinski definition) is 0. The number of alkyl halides is 1. The Morgan fingerprint density at radius 3 is 2.24 bits per heavy atom. The van der Waals surface area contributed by atoms with Crippen molar-refractivity contribution in [1.82, 2.24) is 4.90 Å². The number of ether oxygens (including phenoxy) is 1. The minimum atomic E-state index is -0.617. The molecule has 4 nitrogen and oxygen atoms in total. The molecule has 1 aliphatic heterocycles. The third kappa shape index (κ3) is 5.73. The second-order valence-electron chi connectivity index (χ2n) is 3.68. The van der Waals surface area contributed by atoms with Gasteiger partial charge in [0.1, 0.15) is 4.32 Å². The number of nitrogens with zero attached hydrogens (tertiary/aromatic N) is 1. The van der Waals surface area contributed by atoms with Crippen molar-refractivity contribution in [2.45, 2.75) is 45.4 Å². The van der Waals surface area contributed by atoms with E-state index >= 15 is 0 Å². The molecular weight excluding hydrogens is 297 g/mol. The van der Waals surface area contributed by atoms with Gasteiger partial charge in [-0.15, -0.1) is 6.10 Å². The Hall–Kier alpha value is 0.420. The van der Waals surface area contributed by atoms with Gasteiger partial charge in [-0.3, -0.25) is 4.79 Å². The average molecular weight is 316 g/mol. The van der Waals surface area contributed by atoms with Gasteiger partial charge in [0.25, 0.3) is 0 Å². The molecule has 6 heteroatoms. The van der Waals surface area contributed by atoms with E-state index in [1.54, 1.807) is 20.8 Å². The molecule has 1 heterocycles. The van der Waals surface area contributed by atoms with Crippen molar-refractivity contribution in [3.05, 3.63) is 6.10 Å². The maximum atomic E-state index is 11.6. The van der Waals surface area contributed by atoms with Crippen molar-refractivity contribution in [2.75, 3.05) is 6.54 Å². The van der Waals surface area contributed by atoms with E-state index in [1.165, 1.54) is 0 Å². The average Bonchev–Trinajstić information content (AvgIpc) is 2.44. The van der Waals surface area contributed by atoms with Crippen LogP contribution >= 0.6 is 15.9 Å². The zero-order chi connectivity index (χ0) is 12.9. The van der Waals surface area contributed by atoms with Gasteiger partial charge < -0.3 is 4.74 Å². The van der Waals surface area contributed by atoms with Crippen LogP contribution in [0.4, 0.5) is 4.79 Å². The number of carbonyl (C=O) groups is 2. The van der Waals surface area contributed by atoms with Crippen LogP contribution in [0.1, 0.15) is 41.0 Å². The molecule has 1 fully saturated rings. The Bertz CT molecular complexity index is 269. The normalized spacial score (nSPS) is 22.8. The van der Waals surface area contributed by atoms with Crippen LogP contribution in [-0.2, 0) is 9.53 Å². The van der Waals surface area contributed by atoms with Crippen LogP contribution < -0.4 is 29.6 Å². The summed E-state index contributed by atoms with van der Waals surface area (Å²) in [6.07, 6.45) is 0.563. The van der Waals surface area contributed by atoms with E-state index in [9.17, 15) is 9.59 Å². The van der Waals surface area contributed by atoms with E-state index in [0.717, 1.165) is 4.90 Å². The Labute approximate surface area is 134 Å². The van der Waals surface area contributed by atoms with Crippen molar-refractivity contribution in [2.24, 2.45) is 0 Å². The van der Waals surface area contributed by atoms with Gasteiger partial charge in [-0.1, -0.05) is 29.8 Å². The summed E-state index contributed by atoms with van der Waals surface area (Å²) >= 11 is 3.28. The Balaban J connectivity index is 0. The van der Waals surface area contributed by atoms with Crippen LogP contribution in [0.15, 0.2) is 0 Å². The molecule has 0 spiro atoms. The van der Waals surface area contributed by atoms with E-state index in [2.05, 4.69) is 15.9 Å². The molecule has 1 saturated heterocycles. The van der Waals surface area contributed by atoms with Crippen molar-refractivity contribution in [1.29, 1.82) is 0 Å². The third-order valence-electron chi connectivity index (χ3n) is 2.01. The van der Waals surface area contributed by atoms with E-state index in [-0.39, 0.29) is 35.5 Å². The fourth-order valence-electron chi connectivity index (χ4n) is 1.22. The summed E-state index contributed by atoms with van der Waals surface area (Å²) in [6, 6.07) is 0.